The standard InChI is InChI=1S/C11H16N2OS/c1-2-7-15-11-12-9-6-4-3-5-8(9)10(14)13-11/h8H,2-7H2,1H3. The van der Waals surface area contributed by atoms with Gasteiger partial charge in [0.1, 0.15) is 0 Å². The average molecular weight is 224 g/mol. The summed E-state index contributed by atoms with van der Waals surface area (Å²) in [6.45, 7) is 2.12. The lowest BCUT2D eigenvalue weighted by Crippen LogP contribution is -2.30. The third-order valence-electron chi connectivity index (χ3n) is 2.76. The van der Waals surface area contributed by atoms with Gasteiger partial charge >= 0.3 is 0 Å². The molecule has 4 heteroatoms. The summed E-state index contributed by atoms with van der Waals surface area (Å²) in [6, 6.07) is 0. The number of hydrogen-bond acceptors (Lipinski definition) is 3. The Morgan fingerprint density at radius 3 is 3.07 bits per heavy atom. The van der Waals surface area contributed by atoms with Crippen molar-refractivity contribution in [3.63, 3.8) is 0 Å². The maximum Gasteiger partial charge on any atom is 0.256 e. The van der Waals surface area contributed by atoms with E-state index >= 15 is 0 Å². The van der Waals surface area contributed by atoms with E-state index in [-0.39, 0.29) is 11.8 Å². The predicted molar refractivity (Wildman–Crippen MR) is 64.6 cm³/mol. The molecule has 3 nitrogen and oxygen atoms in total. The Morgan fingerprint density at radius 2 is 2.27 bits per heavy atom. The van der Waals surface area contributed by atoms with Crippen molar-refractivity contribution in [3.05, 3.63) is 0 Å². The Balaban J connectivity index is 2.09. The summed E-state index contributed by atoms with van der Waals surface area (Å²) in [5.41, 5.74) is 1.08. The van der Waals surface area contributed by atoms with Crippen LogP contribution in [-0.4, -0.2) is 22.5 Å². The Hall–Kier alpha value is -0.640. The van der Waals surface area contributed by atoms with Gasteiger partial charge in [-0.2, -0.15) is 4.99 Å². The largest absolute Gasteiger partial charge is 0.272 e. The predicted octanol–water partition coefficient (Wildman–Crippen LogP) is 2.66. The Bertz CT molecular complexity index is 323. The molecule has 0 aromatic rings. The molecule has 2 aliphatic rings. The van der Waals surface area contributed by atoms with Crippen molar-refractivity contribution in [2.75, 3.05) is 5.75 Å². The van der Waals surface area contributed by atoms with E-state index in [4.69, 9.17) is 0 Å². The van der Waals surface area contributed by atoms with Crippen molar-refractivity contribution in [1.82, 2.24) is 0 Å². The summed E-state index contributed by atoms with van der Waals surface area (Å²) in [4.78, 5) is 20.3. The van der Waals surface area contributed by atoms with Crippen LogP contribution in [0.3, 0.4) is 0 Å². The highest BCUT2D eigenvalue weighted by Crippen LogP contribution is 2.27. The summed E-state index contributed by atoms with van der Waals surface area (Å²) in [5.74, 6) is 1.05. The van der Waals surface area contributed by atoms with Crippen LogP contribution in [-0.2, 0) is 4.79 Å². The number of rotatable bonds is 2. The lowest BCUT2D eigenvalue weighted by atomic mass is 9.86. The van der Waals surface area contributed by atoms with Crippen molar-refractivity contribution in [2.24, 2.45) is 15.9 Å². The van der Waals surface area contributed by atoms with Gasteiger partial charge < -0.3 is 0 Å². The fraction of sp³-hybridized carbons (Fsp3) is 0.727. The van der Waals surface area contributed by atoms with E-state index in [0.717, 1.165) is 37.1 Å². The fourth-order valence-electron chi connectivity index (χ4n) is 1.97. The molecule has 1 fully saturated rings. The van der Waals surface area contributed by atoms with Crippen LogP contribution in [0.5, 0.6) is 0 Å². The molecule has 0 radical (unpaired) electrons. The van der Waals surface area contributed by atoms with Gasteiger partial charge in [-0.05, 0) is 25.7 Å². The first-order chi connectivity index (χ1) is 7.31. The quantitative estimate of drug-likeness (QED) is 0.723. The number of thioether (sulfide) groups is 1. The van der Waals surface area contributed by atoms with E-state index in [1.165, 1.54) is 6.42 Å². The molecule has 1 aliphatic carbocycles. The van der Waals surface area contributed by atoms with Crippen LogP contribution in [0.1, 0.15) is 39.0 Å². The van der Waals surface area contributed by atoms with Crippen molar-refractivity contribution >= 4 is 28.5 Å². The SMILES string of the molecule is CCCSC1=NC(=O)C2CCCCC2=N1. The van der Waals surface area contributed by atoms with Crippen LogP contribution in [0.2, 0.25) is 0 Å². The fourth-order valence-corrected chi connectivity index (χ4v) is 2.70. The molecule has 0 bridgehead atoms. The maximum atomic E-state index is 11.7. The number of hydrogen-bond donors (Lipinski definition) is 0. The molecule has 0 N–H and O–H groups in total. The smallest absolute Gasteiger partial charge is 0.256 e. The van der Waals surface area contributed by atoms with Crippen LogP contribution in [0.4, 0.5) is 0 Å². The van der Waals surface area contributed by atoms with E-state index in [1.54, 1.807) is 11.8 Å². The number of carbonyl (C=O) groups excluding carboxylic acids is 1. The molecule has 1 saturated carbocycles. The second-order valence-corrected chi connectivity index (χ2v) is 5.04. The lowest BCUT2D eigenvalue weighted by molar-refractivity contribution is -0.120. The average Bonchev–Trinajstić information content (AvgIpc) is 2.26. The van der Waals surface area contributed by atoms with Gasteiger partial charge in [0.2, 0.25) is 0 Å². The molecule has 0 aromatic carbocycles. The minimum atomic E-state index is 0.0183. The van der Waals surface area contributed by atoms with Crippen LogP contribution in [0.25, 0.3) is 0 Å². The highest BCUT2D eigenvalue weighted by atomic mass is 32.2. The number of carbonyl (C=O) groups is 1. The number of amides is 1. The minimum absolute atomic E-state index is 0.0183. The van der Waals surface area contributed by atoms with Gasteiger partial charge in [-0.1, -0.05) is 25.1 Å². The van der Waals surface area contributed by atoms with Crippen LogP contribution in [0.15, 0.2) is 9.98 Å². The monoisotopic (exact) mass is 224 g/mol. The van der Waals surface area contributed by atoms with E-state index in [1.807, 2.05) is 0 Å². The molecule has 2 rings (SSSR count). The van der Waals surface area contributed by atoms with Gasteiger partial charge in [0.15, 0.2) is 5.17 Å². The minimum Gasteiger partial charge on any atom is -0.272 e. The normalized spacial score (nSPS) is 25.7. The van der Waals surface area contributed by atoms with Crippen molar-refractivity contribution in [3.8, 4) is 0 Å². The molecular weight excluding hydrogens is 208 g/mol. The highest BCUT2D eigenvalue weighted by Gasteiger charge is 2.30. The first kappa shape index (κ1) is 10.9. The third kappa shape index (κ3) is 2.48. The number of amidine groups is 1. The van der Waals surface area contributed by atoms with E-state index < -0.39 is 0 Å². The summed E-state index contributed by atoms with van der Waals surface area (Å²) < 4.78 is 0. The van der Waals surface area contributed by atoms with Crippen molar-refractivity contribution in [1.29, 1.82) is 0 Å². The molecule has 1 aliphatic heterocycles. The molecule has 1 heterocycles. The second-order valence-electron chi connectivity index (χ2n) is 3.98. The second kappa shape index (κ2) is 4.92. The third-order valence-corrected chi connectivity index (χ3v) is 3.81. The summed E-state index contributed by atoms with van der Waals surface area (Å²) in [7, 11) is 0. The van der Waals surface area contributed by atoms with Crippen LogP contribution >= 0.6 is 11.8 Å². The molecule has 1 unspecified atom stereocenters. The summed E-state index contributed by atoms with van der Waals surface area (Å²) >= 11 is 1.60. The molecule has 0 aromatic heterocycles. The zero-order chi connectivity index (χ0) is 10.7. The number of fused-ring (bicyclic) bond motifs is 1. The zero-order valence-corrected chi connectivity index (χ0v) is 9.85. The van der Waals surface area contributed by atoms with Gasteiger partial charge in [0, 0.05) is 11.5 Å². The Labute approximate surface area is 94.5 Å². The molecule has 1 atom stereocenters. The molecule has 1 amide bonds. The Kier molecular flexibility index (Phi) is 3.57. The first-order valence-corrected chi connectivity index (χ1v) is 6.62. The van der Waals surface area contributed by atoms with Gasteiger partial charge in [0.25, 0.3) is 5.91 Å². The number of nitrogens with zero attached hydrogens (tertiary/aromatic N) is 2. The molecule has 15 heavy (non-hydrogen) atoms. The topological polar surface area (TPSA) is 41.8 Å². The lowest BCUT2D eigenvalue weighted by Gasteiger charge is -2.24. The van der Waals surface area contributed by atoms with Crippen LogP contribution in [0, 0.1) is 5.92 Å². The number of aliphatic imine (C=N–C) groups is 2. The van der Waals surface area contributed by atoms with Crippen LogP contribution < -0.4 is 0 Å². The van der Waals surface area contributed by atoms with Crippen molar-refractivity contribution < 1.29 is 4.79 Å². The Morgan fingerprint density at radius 1 is 1.40 bits per heavy atom. The molecule has 0 spiro atoms. The van der Waals surface area contributed by atoms with Gasteiger partial charge in [-0.15, -0.1) is 0 Å². The molecule has 0 saturated heterocycles. The van der Waals surface area contributed by atoms with E-state index in [2.05, 4.69) is 16.9 Å². The van der Waals surface area contributed by atoms with E-state index in [9.17, 15) is 4.79 Å². The van der Waals surface area contributed by atoms with Gasteiger partial charge in [-0.3, -0.25) is 4.79 Å². The highest BCUT2D eigenvalue weighted by molar-refractivity contribution is 8.13. The van der Waals surface area contributed by atoms with Gasteiger partial charge in [0.05, 0.1) is 5.92 Å². The maximum absolute atomic E-state index is 11.7. The first-order valence-electron chi connectivity index (χ1n) is 5.64. The van der Waals surface area contributed by atoms with Gasteiger partial charge in [-0.25, -0.2) is 4.99 Å². The zero-order valence-electron chi connectivity index (χ0n) is 9.03. The van der Waals surface area contributed by atoms with Crippen molar-refractivity contribution in [2.45, 2.75) is 39.0 Å². The molecule has 82 valence electrons. The van der Waals surface area contributed by atoms with E-state index in [0.29, 0.717) is 5.17 Å². The summed E-state index contributed by atoms with van der Waals surface area (Å²) in [6.07, 6.45) is 5.35. The molecular formula is C11H16N2OS. The summed E-state index contributed by atoms with van der Waals surface area (Å²) in [5, 5.41) is 0.690.